The number of hydrogen-bond donors (Lipinski definition) is 2. The van der Waals surface area contributed by atoms with Crippen LogP contribution in [0.15, 0.2) is 24.3 Å². The Balaban J connectivity index is 1.78. The summed E-state index contributed by atoms with van der Waals surface area (Å²) in [6.45, 7) is 8.82. The Kier molecular flexibility index (Phi) is 4.53. The van der Waals surface area contributed by atoms with Gasteiger partial charge in [0, 0.05) is 17.9 Å². The van der Waals surface area contributed by atoms with E-state index in [4.69, 9.17) is 4.74 Å². The van der Waals surface area contributed by atoms with Gasteiger partial charge in [0.25, 0.3) is 11.8 Å². The van der Waals surface area contributed by atoms with E-state index < -0.39 is 0 Å². The Morgan fingerprint density at radius 3 is 2.80 bits per heavy atom. The van der Waals surface area contributed by atoms with Crippen LogP contribution in [0.3, 0.4) is 0 Å². The third kappa shape index (κ3) is 3.24. The maximum Gasteiger partial charge on any atom is 0.262 e. The van der Waals surface area contributed by atoms with Gasteiger partial charge in [-0.15, -0.1) is 0 Å². The van der Waals surface area contributed by atoms with E-state index in [2.05, 4.69) is 22.1 Å². The van der Waals surface area contributed by atoms with Crippen LogP contribution in [-0.2, 0) is 11.3 Å². The minimum absolute atomic E-state index is 0.0334. The van der Waals surface area contributed by atoms with Crippen molar-refractivity contribution in [3.63, 3.8) is 0 Å². The van der Waals surface area contributed by atoms with Crippen molar-refractivity contribution in [2.24, 2.45) is 0 Å². The molecule has 0 bridgehead atoms. The number of carbonyl (C=O) groups is 2. The molecule has 1 aromatic heterocycles. The highest BCUT2D eigenvalue weighted by Crippen LogP contribution is 2.30. The number of ether oxygens (including phenoxy) is 1. The van der Waals surface area contributed by atoms with Crippen molar-refractivity contribution >= 4 is 17.5 Å². The van der Waals surface area contributed by atoms with Crippen molar-refractivity contribution in [2.45, 2.75) is 40.3 Å². The number of rotatable bonds is 4. The summed E-state index contributed by atoms with van der Waals surface area (Å²) in [5.74, 6) is 0.375. The van der Waals surface area contributed by atoms with Crippen molar-refractivity contribution in [2.75, 3.05) is 11.9 Å². The zero-order valence-corrected chi connectivity index (χ0v) is 15.0. The average Bonchev–Trinajstić information content (AvgIpc) is 2.88. The Hall–Kier alpha value is -2.76. The van der Waals surface area contributed by atoms with E-state index >= 15 is 0 Å². The first-order valence-corrected chi connectivity index (χ1v) is 8.45. The number of anilines is 1. The van der Waals surface area contributed by atoms with Crippen molar-refractivity contribution in [3.05, 3.63) is 46.8 Å². The Labute approximate surface area is 147 Å². The normalized spacial score (nSPS) is 14.3. The van der Waals surface area contributed by atoms with Gasteiger partial charge >= 0.3 is 0 Å². The SMILES string of the molecule is CCn1c(C)cc(C(=O)N[C@H](C)c2ccc3c(c2)NC(=O)CO3)c1C. The van der Waals surface area contributed by atoms with Crippen molar-refractivity contribution in [3.8, 4) is 5.75 Å². The Bertz CT molecular complexity index is 839. The fraction of sp³-hybridized carbons (Fsp3) is 0.368. The number of benzene rings is 1. The standard InChI is InChI=1S/C19H23N3O3/c1-5-22-11(2)8-15(13(22)4)19(24)20-12(3)14-6-7-17-16(9-14)21-18(23)10-25-17/h6-9,12H,5,10H2,1-4H3,(H,20,24)(H,21,23)/t12-/m1/s1. The van der Waals surface area contributed by atoms with Crippen LogP contribution in [0.1, 0.15) is 47.2 Å². The van der Waals surface area contributed by atoms with E-state index in [1.807, 2.05) is 45.0 Å². The van der Waals surface area contributed by atoms with E-state index in [1.165, 1.54) is 0 Å². The molecule has 2 N–H and O–H groups in total. The van der Waals surface area contributed by atoms with Crippen LogP contribution < -0.4 is 15.4 Å². The first kappa shape index (κ1) is 17.1. The fourth-order valence-electron chi connectivity index (χ4n) is 3.25. The molecule has 0 spiro atoms. The van der Waals surface area contributed by atoms with Crippen molar-refractivity contribution in [1.82, 2.24) is 9.88 Å². The lowest BCUT2D eigenvalue weighted by atomic mass is 10.1. The quantitative estimate of drug-likeness (QED) is 0.898. The maximum atomic E-state index is 12.7. The molecule has 1 aliphatic heterocycles. The Morgan fingerprint density at radius 2 is 2.12 bits per heavy atom. The largest absolute Gasteiger partial charge is 0.482 e. The predicted molar refractivity (Wildman–Crippen MR) is 96.0 cm³/mol. The van der Waals surface area contributed by atoms with Crippen molar-refractivity contribution in [1.29, 1.82) is 0 Å². The van der Waals surface area contributed by atoms with Gasteiger partial charge in [-0.05, 0) is 51.5 Å². The lowest BCUT2D eigenvalue weighted by molar-refractivity contribution is -0.118. The highest BCUT2D eigenvalue weighted by atomic mass is 16.5. The molecule has 0 saturated heterocycles. The van der Waals surface area contributed by atoms with Gasteiger partial charge in [0.05, 0.1) is 17.3 Å². The van der Waals surface area contributed by atoms with Crippen LogP contribution in [0, 0.1) is 13.8 Å². The molecule has 2 heterocycles. The van der Waals surface area contributed by atoms with Crippen LogP contribution in [0.25, 0.3) is 0 Å². The fourth-order valence-corrected chi connectivity index (χ4v) is 3.25. The Morgan fingerprint density at radius 1 is 1.36 bits per heavy atom. The van der Waals surface area contributed by atoms with Crippen LogP contribution in [0.5, 0.6) is 5.75 Å². The first-order chi connectivity index (χ1) is 11.9. The lowest BCUT2D eigenvalue weighted by Gasteiger charge is -2.21. The van der Waals surface area contributed by atoms with Gasteiger partial charge in [0.2, 0.25) is 0 Å². The van der Waals surface area contributed by atoms with E-state index in [0.29, 0.717) is 17.0 Å². The molecule has 2 aromatic rings. The molecule has 0 saturated carbocycles. The molecular weight excluding hydrogens is 318 g/mol. The number of aryl methyl sites for hydroxylation is 1. The van der Waals surface area contributed by atoms with Crippen LogP contribution >= 0.6 is 0 Å². The molecule has 2 amide bonds. The topological polar surface area (TPSA) is 72.4 Å². The summed E-state index contributed by atoms with van der Waals surface area (Å²) in [6.07, 6.45) is 0. The second-order valence-corrected chi connectivity index (χ2v) is 6.32. The van der Waals surface area contributed by atoms with Crippen LogP contribution in [0.2, 0.25) is 0 Å². The van der Waals surface area contributed by atoms with Gasteiger partial charge in [-0.25, -0.2) is 0 Å². The first-order valence-electron chi connectivity index (χ1n) is 8.45. The lowest BCUT2D eigenvalue weighted by Crippen LogP contribution is -2.28. The van der Waals surface area contributed by atoms with Crippen molar-refractivity contribution < 1.29 is 14.3 Å². The molecule has 132 valence electrons. The van der Waals surface area contributed by atoms with Crippen LogP contribution in [0.4, 0.5) is 5.69 Å². The van der Waals surface area contributed by atoms with E-state index in [9.17, 15) is 9.59 Å². The second kappa shape index (κ2) is 6.63. The number of carbonyl (C=O) groups excluding carboxylic acids is 2. The molecule has 0 unspecified atom stereocenters. The minimum atomic E-state index is -0.193. The number of hydrogen-bond acceptors (Lipinski definition) is 3. The molecule has 3 rings (SSSR count). The van der Waals surface area contributed by atoms with Gasteiger partial charge in [-0.3, -0.25) is 9.59 Å². The molecule has 1 atom stereocenters. The highest BCUT2D eigenvalue weighted by molar-refractivity contribution is 5.96. The molecular formula is C19H23N3O3. The predicted octanol–water partition coefficient (Wildman–Crippen LogP) is 2.95. The van der Waals surface area contributed by atoms with Crippen LogP contribution in [-0.4, -0.2) is 23.0 Å². The number of nitrogens with one attached hydrogen (secondary N) is 2. The number of nitrogens with zero attached hydrogens (tertiary/aromatic N) is 1. The summed E-state index contributed by atoms with van der Waals surface area (Å²) < 4.78 is 7.48. The highest BCUT2D eigenvalue weighted by Gasteiger charge is 2.20. The van der Waals surface area contributed by atoms with E-state index in [0.717, 1.165) is 23.5 Å². The molecule has 25 heavy (non-hydrogen) atoms. The third-order valence-electron chi connectivity index (χ3n) is 4.62. The average molecular weight is 341 g/mol. The molecule has 6 heteroatoms. The van der Waals surface area contributed by atoms with Gasteiger partial charge in [0.1, 0.15) is 5.75 Å². The second-order valence-electron chi connectivity index (χ2n) is 6.32. The summed E-state index contributed by atoms with van der Waals surface area (Å²) in [5.41, 5.74) is 4.28. The summed E-state index contributed by atoms with van der Waals surface area (Å²) in [5, 5.41) is 5.82. The summed E-state index contributed by atoms with van der Waals surface area (Å²) in [6, 6.07) is 7.28. The van der Waals surface area contributed by atoms with Gasteiger partial charge < -0.3 is 19.9 Å². The van der Waals surface area contributed by atoms with E-state index in [-0.39, 0.29) is 24.5 Å². The van der Waals surface area contributed by atoms with Gasteiger partial charge in [-0.2, -0.15) is 0 Å². The summed E-state index contributed by atoms with van der Waals surface area (Å²) in [4.78, 5) is 24.1. The third-order valence-corrected chi connectivity index (χ3v) is 4.62. The molecule has 6 nitrogen and oxygen atoms in total. The molecule has 0 aliphatic carbocycles. The van der Waals surface area contributed by atoms with Gasteiger partial charge in [0.15, 0.2) is 6.61 Å². The van der Waals surface area contributed by atoms with Gasteiger partial charge in [-0.1, -0.05) is 6.07 Å². The number of amides is 2. The molecule has 1 aromatic carbocycles. The maximum absolute atomic E-state index is 12.7. The molecule has 0 fully saturated rings. The molecule has 0 radical (unpaired) electrons. The zero-order chi connectivity index (χ0) is 18.1. The molecule has 1 aliphatic rings. The minimum Gasteiger partial charge on any atom is -0.482 e. The smallest absolute Gasteiger partial charge is 0.262 e. The summed E-state index contributed by atoms with van der Waals surface area (Å²) >= 11 is 0. The summed E-state index contributed by atoms with van der Waals surface area (Å²) in [7, 11) is 0. The zero-order valence-electron chi connectivity index (χ0n) is 15.0. The number of aromatic nitrogens is 1. The number of fused-ring (bicyclic) bond motifs is 1. The monoisotopic (exact) mass is 341 g/mol. The van der Waals surface area contributed by atoms with E-state index in [1.54, 1.807) is 0 Å².